The third kappa shape index (κ3) is 2.16. The van der Waals surface area contributed by atoms with Crippen LogP contribution >= 0.6 is 22.7 Å². The average molecular weight is 312 g/mol. The molecular weight excluding hydrogens is 304 g/mol. The van der Waals surface area contributed by atoms with Crippen LogP contribution < -0.4 is 10.1 Å². The predicted molar refractivity (Wildman–Crippen MR) is 83.5 cm³/mol. The van der Waals surface area contributed by atoms with E-state index in [1.54, 1.807) is 23.7 Å². The second-order valence-electron chi connectivity index (χ2n) is 4.30. The fourth-order valence-electron chi connectivity index (χ4n) is 1.95. The zero-order chi connectivity index (χ0) is 14.2. The van der Waals surface area contributed by atoms with E-state index in [9.17, 15) is 4.79 Å². The number of fused-ring (bicyclic) bond motifs is 1. The molecule has 0 aliphatic carbocycles. The first-order chi connectivity index (χ1) is 10.3. The Labute approximate surface area is 126 Å². The monoisotopic (exact) mass is 312 g/mol. The highest BCUT2D eigenvalue weighted by molar-refractivity contribution is 7.15. The van der Waals surface area contributed by atoms with E-state index in [0.717, 1.165) is 10.4 Å². The number of thiophene rings is 1. The lowest BCUT2D eigenvalue weighted by Gasteiger charge is -1.90. The largest absolute Gasteiger partial charge is 0.291 e. The molecule has 5 nitrogen and oxygen atoms in total. The van der Waals surface area contributed by atoms with Crippen LogP contribution in [0.3, 0.4) is 0 Å². The Hall–Kier alpha value is -2.38. The fraction of sp³-hybridized carbons (Fsp3) is 0. The molecule has 4 heterocycles. The van der Waals surface area contributed by atoms with Crippen LogP contribution in [-0.2, 0) is 0 Å². The smallest absolute Gasteiger partial charge is 0.266 e. The maximum Gasteiger partial charge on any atom is 0.291 e. The van der Waals surface area contributed by atoms with Crippen molar-refractivity contribution in [2.24, 2.45) is 0 Å². The molecule has 0 radical (unpaired) electrons. The summed E-state index contributed by atoms with van der Waals surface area (Å²) >= 11 is 2.94. The number of pyridine rings is 1. The van der Waals surface area contributed by atoms with E-state index in [1.165, 1.54) is 15.9 Å². The van der Waals surface area contributed by atoms with Gasteiger partial charge in [0.15, 0.2) is 5.82 Å². The van der Waals surface area contributed by atoms with Gasteiger partial charge >= 0.3 is 0 Å². The van der Waals surface area contributed by atoms with E-state index in [-0.39, 0.29) is 5.56 Å². The second kappa shape index (κ2) is 4.87. The van der Waals surface area contributed by atoms with Crippen molar-refractivity contribution < 1.29 is 0 Å². The lowest BCUT2D eigenvalue weighted by atomic mass is 10.3. The van der Waals surface area contributed by atoms with Crippen molar-refractivity contribution in [3.05, 3.63) is 61.8 Å². The molecule has 102 valence electrons. The first kappa shape index (κ1) is 12.4. The standard InChI is InChI=1S/C14H8N4OS2/c19-13-11(7-10-4-2-6-20-10)21-14-16-12(17-18(13)14)9-3-1-5-15-8-9/h1-8H/b11-7-. The summed E-state index contributed by atoms with van der Waals surface area (Å²) < 4.78 is 2.00. The Morgan fingerprint density at radius 3 is 2.90 bits per heavy atom. The maximum atomic E-state index is 12.3. The number of thiazole rings is 1. The fourth-order valence-corrected chi connectivity index (χ4v) is 3.58. The van der Waals surface area contributed by atoms with Crippen molar-refractivity contribution in [2.75, 3.05) is 0 Å². The van der Waals surface area contributed by atoms with Crippen LogP contribution in [0.25, 0.3) is 22.4 Å². The molecule has 0 fully saturated rings. The van der Waals surface area contributed by atoms with Gasteiger partial charge in [0.05, 0.1) is 4.53 Å². The van der Waals surface area contributed by atoms with Gasteiger partial charge in [-0.25, -0.2) is 0 Å². The summed E-state index contributed by atoms with van der Waals surface area (Å²) in [4.78, 5) is 22.4. The van der Waals surface area contributed by atoms with Crippen molar-refractivity contribution in [1.82, 2.24) is 19.6 Å². The summed E-state index contributed by atoms with van der Waals surface area (Å²) in [6.45, 7) is 0. The van der Waals surface area contributed by atoms with Crippen LogP contribution in [0.2, 0.25) is 0 Å². The van der Waals surface area contributed by atoms with Crippen LogP contribution in [0, 0.1) is 0 Å². The summed E-state index contributed by atoms with van der Waals surface area (Å²) in [5.74, 6) is 0.522. The minimum atomic E-state index is -0.133. The second-order valence-corrected chi connectivity index (χ2v) is 6.29. The molecule has 0 bridgehead atoms. The zero-order valence-electron chi connectivity index (χ0n) is 10.6. The predicted octanol–water partition coefficient (Wildman–Crippen LogP) is 1.82. The SMILES string of the molecule is O=c1/c(=C/c2cccs2)sc2nc(-c3cccnc3)nn12. The number of rotatable bonds is 2. The Bertz CT molecular complexity index is 1000. The summed E-state index contributed by atoms with van der Waals surface area (Å²) in [5.41, 5.74) is 0.669. The van der Waals surface area contributed by atoms with Gasteiger partial charge in [-0.05, 0) is 29.7 Å². The van der Waals surface area contributed by atoms with E-state index >= 15 is 0 Å². The number of hydrogen-bond acceptors (Lipinski definition) is 6. The summed E-state index contributed by atoms with van der Waals surface area (Å²) in [7, 11) is 0. The highest BCUT2D eigenvalue weighted by Crippen LogP contribution is 2.15. The number of nitrogens with zero attached hydrogens (tertiary/aromatic N) is 4. The molecule has 0 saturated carbocycles. The van der Waals surface area contributed by atoms with Gasteiger partial charge in [0.25, 0.3) is 5.56 Å². The molecule has 0 atom stereocenters. The summed E-state index contributed by atoms with van der Waals surface area (Å²) in [5, 5.41) is 6.26. The van der Waals surface area contributed by atoms with Gasteiger partial charge in [-0.1, -0.05) is 17.4 Å². The highest BCUT2D eigenvalue weighted by Gasteiger charge is 2.11. The molecule has 0 N–H and O–H groups in total. The van der Waals surface area contributed by atoms with Gasteiger partial charge < -0.3 is 0 Å². The van der Waals surface area contributed by atoms with Crippen LogP contribution in [-0.4, -0.2) is 19.6 Å². The minimum Gasteiger partial charge on any atom is -0.266 e. The Kier molecular flexibility index (Phi) is 2.87. The number of hydrogen-bond donors (Lipinski definition) is 0. The third-order valence-corrected chi connectivity index (χ3v) is 4.70. The van der Waals surface area contributed by atoms with Crippen molar-refractivity contribution in [3.63, 3.8) is 0 Å². The molecule has 0 aromatic carbocycles. The Morgan fingerprint density at radius 2 is 2.19 bits per heavy atom. The van der Waals surface area contributed by atoms with Crippen LogP contribution in [0.15, 0.2) is 46.8 Å². The molecule has 4 aromatic heterocycles. The minimum absolute atomic E-state index is 0.133. The first-order valence-electron chi connectivity index (χ1n) is 6.16. The zero-order valence-corrected chi connectivity index (χ0v) is 12.3. The van der Waals surface area contributed by atoms with E-state index in [1.807, 2.05) is 35.7 Å². The van der Waals surface area contributed by atoms with Crippen molar-refractivity contribution in [2.45, 2.75) is 0 Å². The van der Waals surface area contributed by atoms with Gasteiger partial charge in [-0.3, -0.25) is 9.78 Å². The molecule has 4 rings (SSSR count). The lowest BCUT2D eigenvalue weighted by Crippen LogP contribution is -2.23. The number of aromatic nitrogens is 4. The molecule has 0 unspecified atom stereocenters. The maximum absolute atomic E-state index is 12.3. The van der Waals surface area contributed by atoms with Gasteiger partial charge in [-0.15, -0.1) is 16.4 Å². The molecule has 0 saturated heterocycles. The van der Waals surface area contributed by atoms with Gasteiger partial charge in [-0.2, -0.15) is 9.50 Å². The van der Waals surface area contributed by atoms with Gasteiger partial charge in [0.1, 0.15) is 0 Å². The molecular formula is C14H8N4OS2. The summed E-state index contributed by atoms with van der Waals surface area (Å²) in [6, 6.07) is 7.62. The highest BCUT2D eigenvalue weighted by atomic mass is 32.1. The molecule has 0 spiro atoms. The average Bonchev–Trinajstić information content (AvgIpc) is 3.21. The normalized spacial score (nSPS) is 12.3. The van der Waals surface area contributed by atoms with E-state index in [0.29, 0.717) is 15.3 Å². The van der Waals surface area contributed by atoms with Crippen molar-refractivity contribution >= 4 is 33.7 Å². The molecule has 21 heavy (non-hydrogen) atoms. The lowest BCUT2D eigenvalue weighted by molar-refractivity contribution is 0.936. The molecule has 4 aromatic rings. The quantitative estimate of drug-likeness (QED) is 0.566. The molecule has 0 aliphatic rings. The van der Waals surface area contributed by atoms with Crippen LogP contribution in [0.4, 0.5) is 0 Å². The summed E-state index contributed by atoms with van der Waals surface area (Å²) in [6.07, 6.45) is 5.25. The first-order valence-corrected chi connectivity index (χ1v) is 7.86. The molecule has 0 amide bonds. The van der Waals surface area contributed by atoms with Gasteiger partial charge in [0, 0.05) is 22.8 Å². The van der Waals surface area contributed by atoms with E-state index < -0.39 is 0 Å². The Morgan fingerprint density at radius 1 is 1.24 bits per heavy atom. The Balaban J connectivity index is 1.87. The third-order valence-electron chi connectivity index (χ3n) is 2.92. The van der Waals surface area contributed by atoms with E-state index in [2.05, 4.69) is 15.1 Å². The molecule has 0 aliphatic heterocycles. The van der Waals surface area contributed by atoms with Crippen LogP contribution in [0.1, 0.15) is 4.88 Å². The van der Waals surface area contributed by atoms with Crippen molar-refractivity contribution in [3.8, 4) is 11.4 Å². The van der Waals surface area contributed by atoms with Gasteiger partial charge in [0.2, 0.25) is 4.96 Å². The molecule has 7 heteroatoms. The van der Waals surface area contributed by atoms with Crippen molar-refractivity contribution in [1.29, 1.82) is 0 Å². The topological polar surface area (TPSA) is 60.2 Å². The van der Waals surface area contributed by atoms with Crippen LogP contribution in [0.5, 0.6) is 0 Å². The van der Waals surface area contributed by atoms with E-state index in [4.69, 9.17) is 0 Å².